The lowest BCUT2D eigenvalue weighted by Crippen LogP contribution is -1.96. The van der Waals surface area contributed by atoms with Crippen LogP contribution in [-0.4, -0.2) is 5.11 Å². The van der Waals surface area contributed by atoms with Crippen LogP contribution in [0.4, 0.5) is 0 Å². The monoisotopic (exact) mass is 316 g/mol. The smallest absolute Gasteiger partial charge is 0.115 e. The fourth-order valence-corrected chi connectivity index (χ4v) is 3.24. The van der Waals surface area contributed by atoms with Gasteiger partial charge in [0.25, 0.3) is 0 Å². The first-order valence-corrected chi connectivity index (χ1v) is 8.64. The van der Waals surface area contributed by atoms with Gasteiger partial charge in [-0.25, -0.2) is 0 Å². The Kier molecular flexibility index (Phi) is 4.71. The third kappa shape index (κ3) is 3.21. The summed E-state index contributed by atoms with van der Waals surface area (Å²) < 4.78 is 0. The van der Waals surface area contributed by atoms with Crippen molar-refractivity contribution in [2.45, 2.75) is 33.6 Å². The quantitative estimate of drug-likeness (QED) is 0.611. The first-order valence-electron chi connectivity index (χ1n) is 8.64. The van der Waals surface area contributed by atoms with Crippen LogP contribution in [0.2, 0.25) is 0 Å². The zero-order chi connectivity index (χ0) is 17.1. The highest BCUT2D eigenvalue weighted by atomic mass is 16.3. The number of benzene rings is 3. The molecule has 0 unspecified atom stereocenters. The molecule has 0 heterocycles. The second-order valence-corrected chi connectivity index (χ2v) is 6.29. The van der Waals surface area contributed by atoms with Crippen LogP contribution in [0.5, 0.6) is 5.75 Å². The molecule has 24 heavy (non-hydrogen) atoms. The van der Waals surface area contributed by atoms with Crippen LogP contribution in [0.25, 0.3) is 22.3 Å². The Bertz CT molecular complexity index is 802. The Morgan fingerprint density at radius 1 is 0.667 bits per heavy atom. The first kappa shape index (κ1) is 16.3. The molecule has 3 aromatic carbocycles. The van der Waals surface area contributed by atoms with Crippen LogP contribution in [0.1, 0.15) is 30.5 Å². The molecule has 0 saturated carbocycles. The van der Waals surface area contributed by atoms with Gasteiger partial charge >= 0.3 is 0 Å². The minimum absolute atomic E-state index is 0.307. The van der Waals surface area contributed by atoms with E-state index in [2.05, 4.69) is 57.2 Å². The molecule has 0 aliphatic carbocycles. The summed E-state index contributed by atoms with van der Waals surface area (Å²) in [6, 6.07) is 20.9. The van der Waals surface area contributed by atoms with Crippen molar-refractivity contribution in [1.29, 1.82) is 0 Å². The van der Waals surface area contributed by atoms with Crippen LogP contribution in [0, 0.1) is 6.92 Å². The van der Waals surface area contributed by atoms with Crippen molar-refractivity contribution < 1.29 is 5.11 Å². The molecule has 1 nitrogen and oxygen atoms in total. The lowest BCUT2D eigenvalue weighted by atomic mass is 9.88. The average molecular weight is 316 g/mol. The molecule has 1 heteroatoms. The summed E-state index contributed by atoms with van der Waals surface area (Å²) in [5.41, 5.74) is 9.08. The summed E-state index contributed by atoms with van der Waals surface area (Å²) in [6.07, 6.45) is 2.00. The van der Waals surface area contributed by atoms with Gasteiger partial charge in [-0.1, -0.05) is 67.9 Å². The lowest BCUT2D eigenvalue weighted by Gasteiger charge is -2.17. The third-order valence-corrected chi connectivity index (χ3v) is 4.60. The molecule has 3 rings (SSSR count). The average Bonchev–Trinajstić information content (AvgIpc) is 2.62. The number of phenols is 1. The van der Waals surface area contributed by atoms with Gasteiger partial charge in [-0.2, -0.15) is 0 Å². The highest BCUT2D eigenvalue weighted by Crippen LogP contribution is 2.34. The molecule has 0 atom stereocenters. The molecule has 0 radical (unpaired) electrons. The highest BCUT2D eigenvalue weighted by Gasteiger charge is 2.12. The molecular weight excluding hydrogens is 292 g/mol. The minimum Gasteiger partial charge on any atom is -0.508 e. The summed E-state index contributed by atoms with van der Waals surface area (Å²) in [5.74, 6) is 0.307. The van der Waals surface area contributed by atoms with E-state index in [0.29, 0.717) is 5.75 Å². The maximum atomic E-state index is 9.52. The largest absolute Gasteiger partial charge is 0.508 e. The lowest BCUT2D eigenvalue weighted by molar-refractivity contribution is 0.475. The zero-order valence-electron chi connectivity index (χ0n) is 14.6. The van der Waals surface area contributed by atoms with Crippen LogP contribution >= 0.6 is 0 Å². The summed E-state index contributed by atoms with van der Waals surface area (Å²) in [4.78, 5) is 0. The van der Waals surface area contributed by atoms with E-state index >= 15 is 0 Å². The SMILES string of the molecule is CCc1cc(-c2ccc(O)cc2)cc(CC)c1-c1ccc(C)cc1. The number of aryl methyl sites for hydroxylation is 3. The molecule has 0 amide bonds. The third-order valence-electron chi connectivity index (χ3n) is 4.60. The van der Waals surface area contributed by atoms with Crippen molar-refractivity contribution in [3.63, 3.8) is 0 Å². The normalized spacial score (nSPS) is 10.8. The number of rotatable bonds is 4. The van der Waals surface area contributed by atoms with E-state index < -0.39 is 0 Å². The van der Waals surface area contributed by atoms with Crippen molar-refractivity contribution in [2.75, 3.05) is 0 Å². The van der Waals surface area contributed by atoms with Crippen LogP contribution < -0.4 is 0 Å². The molecule has 1 N–H and O–H groups in total. The fraction of sp³-hybridized carbons (Fsp3) is 0.217. The van der Waals surface area contributed by atoms with Crippen LogP contribution in [0.3, 0.4) is 0 Å². The molecule has 0 bridgehead atoms. The molecule has 0 saturated heterocycles. The van der Waals surface area contributed by atoms with Gasteiger partial charge in [0.1, 0.15) is 5.75 Å². The minimum atomic E-state index is 0.307. The van der Waals surface area contributed by atoms with Crippen LogP contribution in [-0.2, 0) is 12.8 Å². The van der Waals surface area contributed by atoms with Crippen molar-refractivity contribution >= 4 is 0 Å². The second kappa shape index (κ2) is 6.92. The first-order chi connectivity index (χ1) is 11.6. The molecular formula is C23H24O. The van der Waals surface area contributed by atoms with Gasteiger partial charge in [0.05, 0.1) is 0 Å². The molecule has 0 aromatic heterocycles. The van der Waals surface area contributed by atoms with E-state index in [0.717, 1.165) is 18.4 Å². The van der Waals surface area contributed by atoms with E-state index in [9.17, 15) is 5.11 Å². The van der Waals surface area contributed by atoms with Gasteiger partial charge in [-0.15, -0.1) is 0 Å². The molecule has 0 aliphatic heterocycles. The standard InChI is InChI=1S/C23H24O/c1-4-17-14-21(19-10-12-22(24)13-11-19)15-18(5-2)23(17)20-8-6-16(3)7-9-20/h6-15,24H,4-5H2,1-3H3. The number of hydrogen-bond donors (Lipinski definition) is 1. The van der Waals surface area contributed by atoms with Crippen molar-refractivity contribution in [3.05, 3.63) is 77.4 Å². The van der Waals surface area contributed by atoms with E-state index in [1.165, 1.54) is 33.4 Å². The summed E-state index contributed by atoms with van der Waals surface area (Å²) >= 11 is 0. The molecule has 122 valence electrons. The van der Waals surface area contributed by atoms with E-state index in [4.69, 9.17) is 0 Å². The van der Waals surface area contributed by atoms with E-state index in [1.54, 1.807) is 12.1 Å². The highest BCUT2D eigenvalue weighted by molar-refractivity contribution is 5.77. The number of phenolic OH excluding ortho intramolecular Hbond substituents is 1. The van der Waals surface area contributed by atoms with Crippen LogP contribution in [0.15, 0.2) is 60.7 Å². The molecule has 0 spiro atoms. The predicted octanol–water partition coefficient (Wildman–Crippen LogP) is 6.16. The fourth-order valence-electron chi connectivity index (χ4n) is 3.24. The van der Waals surface area contributed by atoms with Gasteiger partial charge in [0.15, 0.2) is 0 Å². The molecule has 0 aliphatic rings. The Balaban J connectivity index is 2.16. The maximum Gasteiger partial charge on any atom is 0.115 e. The Morgan fingerprint density at radius 2 is 1.17 bits per heavy atom. The van der Waals surface area contributed by atoms with Crippen molar-refractivity contribution in [1.82, 2.24) is 0 Å². The topological polar surface area (TPSA) is 20.2 Å². The van der Waals surface area contributed by atoms with E-state index in [-0.39, 0.29) is 0 Å². The van der Waals surface area contributed by atoms with Gasteiger partial charge in [-0.05, 0) is 65.3 Å². The molecule has 3 aromatic rings. The number of aromatic hydroxyl groups is 1. The maximum absolute atomic E-state index is 9.52. The molecule has 0 fully saturated rings. The van der Waals surface area contributed by atoms with Gasteiger partial charge < -0.3 is 5.11 Å². The zero-order valence-corrected chi connectivity index (χ0v) is 14.6. The van der Waals surface area contributed by atoms with E-state index in [1.807, 2.05) is 12.1 Å². The Hall–Kier alpha value is -2.54. The van der Waals surface area contributed by atoms with Gasteiger partial charge in [0, 0.05) is 0 Å². The summed E-state index contributed by atoms with van der Waals surface area (Å²) in [6.45, 7) is 6.55. The van der Waals surface area contributed by atoms with Gasteiger partial charge in [0.2, 0.25) is 0 Å². The number of hydrogen-bond acceptors (Lipinski definition) is 1. The Labute approximate surface area is 144 Å². The Morgan fingerprint density at radius 3 is 1.67 bits per heavy atom. The van der Waals surface area contributed by atoms with Gasteiger partial charge in [-0.3, -0.25) is 0 Å². The second-order valence-electron chi connectivity index (χ2n) is 6.29. The summed E-state index contributed by atoms with van der Waals surface area (Å²) in [7, 11) is 0. The van der Waals surface area contributed by atoms with Crippen molar-refractivity contribution in [2.24, 2.45) is 0 Å². The predicted molar refractivity (Wildman–Crippen MR) is 102 cm³/mol. The van der Waals surface area contributed by atoms with Crippen molar-refractivity contribution in [3.8, 4) is 28.0 Å². The summed E-state index contributed by atoms with van der Waals surface area (Å²) in [5, 5.41) is 9.52.